The van der Waals surface area contributed by atoms with Crippen LogP contribution in [-0.2, 0) is 4.79 Å². The van der Waals surface area contributed by atoms with E-state index in [1.807, 2.05) is 0 Å². The number of thiophene rings is 1. The Bertz CT molecular complexity index is 1390. The number of carbonyl (C=O) groups excluding carboxylic acids is 3. The SMILES string of the molecule is Cc1ccc(F)c(NC(=O)Nc2ccc(Oc3ccnc4cc(C(=O)NCCC=O)sc34)cc2)c1. The fourth-order valence-electron chi connectivity index (χ4n) is 3.19. The Balaban J connectivity index is 1.42. The first kappa shape index (κ1) is 23.8. The van der Waals surface area contributed by atoms with Crippen LogP contribution in [0.4, 0.5) is 20.6 Å². The van der Waals surface area contributed by atoms with Crippen LogP contribution in [0.15, 0.2) is 60.8 Å². The van der Waals surface area contributed by atoms with E-state index >= 15 is 0 Å². The summed E-state index contributed by atoms with van der Waals surface area (Å²) in [5.74, 6) is 0.243. The average Bonchev–Trinajstić information content (AvgIpc) is 3.28. The van der Waals surface area contributed by atoms with Crippen molar-refractivity contribution in [3.05, 3.63) is 77.1 Å². The number of pyridine rings is 1. The van der Waals surface area contributed by atoms with Gasteiger partial charge in [0.15, 0.2) is 0 Å². The molecule has 0 unspecified atom stereocenters. The zero-order valence-electron chi connectivity index (χ0n) is 18.6. The van der Waals surface area contributed by atoms with Gasteiger partial charge in [0.25, 0.3) is 5.91 Å². The van der Waals surface area contributed by atoms with E-state index in [2.05, 4.69) is 20.9 Å². The van der Waals surface area contributed by atoms with Gasteiger partial charge in [0.05, 0.1) is 20.8 Å². The van der Waals surface area contributed by atoms with Crippen molar-refractivity contribution in [3.63, 3.8) is 0 Å². The van der Waals surface area contributed by atoms with Crippen molar-refractivity contribution in [2.45, 2.75) is 13.3 Å². The Morgan fingerprint density at radius 2 is 1.89 bits per heavy atom. The van der Waals surface area contributed by atoms with E-state index in [0.717, 1.165) is 11.8 Å². The first-order chi connectivity index (χ1) is 16.9. The molecule has 2 heterocycles. The molecule has 178 valence electrons. The van der Waals surface area contributed by atoms with Crippen molar-refractivity contribution < 1.29 is 23.5 Å². The Labute approximate surface area is 204 Å². The molecule has 0 bridgehead atoms. The normalized spacial score (nSPS) is 10.6. The van der Waals surface area contributed by atoms with E-state index in [-0.39, 0.29) is 24.6 Å². The molecule has 0 saturated heterocycles. The number of halogens is 1. The van der Waals surface area contributed by atoms with E-state index in [0.29, 0.717) is 32.3 Å². The summed E-state index contributed by atoms with van der Waals surface area (Å²) in [6.07, 6.45) is 2.58. The molecule has 3 N–H and O–H groups in total. The van der Waals surface area contributed by atoms with Crippen molar-refractivity contribution in [2.75, 3.05) is 17.2 Å². The molecule has 10 heteroatoms. The topological polar surface area (TPSA) is 109 Å². The number of amides is 3. The zero-order chi connectivity index (χ0) is 24.8. The zero-order valence-corrected chi connectivity index (χ0v) is 19.4. The molecule has 0 fully saturated rings. The number of rotatable bonds is 8. The number of fused-ring (bicyclic) bond motifs is 1. The number of nitrogens with one attached hydrogen (secondary N) is 3. The standard InChI is InChI=1S/C25H21FN4O4S/c1-15-3-8-18(26)19(13-15)30-25(33)29-16-4-6-17(7-5-16)34-21-9-11-27-20-14-22(35-23(20)21)24(32)28-10-2-12-31/h3-9,11-14H,2,10H2,1H3,(H,28,32)(H2,29,30,33). The Hall–Kier alpha value is -4.31. The predicted octanol–water partition coefficient (Wildman–Crippen LogP) is 5.50. The van der Waals surface area contributed by atoms with Gasteiger partial charge in [-0.15, -0.1) is 11.3 Å². The van der Waals surface area contributed by atoms with Gasteiger partial charge in [0.2, 0.25) is 0 Å². The molecule has 3 amide bonds. The molecule has 4 aromatic rings. The Morgan fingerprint density at radius 3 is 2.66 bits per heavy atom. The van der Waals surface area contributed by atoms with Crippen molar-refractivity contribution in [3.8, 4) is 11.5 Å². The van der Waals surface area contributed by atoms with Crippen LogP contribution >= 0.6 is 11.3 Å². The van der Waals surface area contributed by atoms with Gasteiger partial charge >= 0.3 is 6.03 Å². The molecule has 0 spiro atoms. The van der Waals surface area contributed by atoms with Gasteiger partial charge < -0.3 is 25.5 Å². The van der Waals surface area contributed by atoms with Crippen LogP contribution in [0, 0.1) is 12.7 Å². The highest BCUT2D eigenvalue weighted by molar-refractivity contribution is 7.21. The van der Waals surface area contributed by atoms with Crippen molar-refractivity contribution in [1.82, 2.24) is 10.3 Å². The monoisotopic (exact) mass is 492 g/mol. The molecule has 0 saturated carbocycles. The molecule has 2 aromatic heterocycles. The molecule has 0 aliphatic heterocycles. The number of ether oxygens (including phenoxy) is 1. The minimum absolute atomic E-state index is 0.0943. The molecule has 8 nitrogen and oxygen atoms in total. The molecule has 2 aromatic carbocycles. The molecule has 0 aliphatic carbocycles. The summed E-state index contributed by atoms with van der Waals surface area (Å²) >= 11 is 1.24. The van der Waals surface area contributed by atoms with Crippen molar-refractivity contribution >= 4 is 51.2 Å². The van der Waals surface area contributed by atoms with Gasteiger partial charge in [-0.05, 0) is 55.0 Å². The van der Waals surface area contributed by atoms with Crippen LogP contribution in [0.1, 0.15) is 21.7 Å². The Kier molecular flexibility index (Phi) is 7.32. The number of aromatic nitrogens is 1. The highest BCUT2D eigenvalue weighted by atomic mass is 32.1. The second kappa shape index (κ2) is 10.7. The fraction of sp³-hybridized carbons (Fsp3) is 0.120. The van der Waals surface area contributed by atoms with E-state index in [1.165, 1.54) is 17.4 Å². The summed E-state index contributed by atoms with van der Waals surface area (Å²) in [5, 5.41) is 7.82. The number of anilines is 2. The van der Waals surface area contributed by atoms with Crippen LogP contribution in [0.5, 0.6) is 11.5 Å². The van der Waals surface area contributed by atoms with E-state index < -0.39 is 11.8 Å². The smallest absolute Gasteiger partial charge is 0.323 e. The molecular formula is C25H21FN4O4S. The predicted molar refractivity (Wildman–Crippen MR) is 133 cm³/mol. The maximum Gasteiger partial charge on any atom is 0.323 e. The molecule has 35 heavy (non-hydrogen) atoms. The lowest BCUT2D eigenvalue weighted by Gasteiger charge is -2.10. The third-order valence-corrected chi connectivity index (χ3v) is 5.99. The quantitative estimate of drug-likeness (QED) is 0.222. The second-order valence-electron chi connectivity index (χ2n) is 7.53. The van der Waals surface area contributed by atoms with Gasteiger partial charge in [0, 0.05) is 30.9 Å². The maximum atomic E-state index is 13.9. The van der Waals surface area contributed by atoms with Crippen LogP contribution in [-0.4, -0.2) is 29.8 Å². The van der Waals surface area contributed by atoms with Gasteiger partial charge in [-0.3, -0.25) is 9.78 Å². The van der Waals surface area contributed by atoms with E-state index in [4.69, 9.17) is 4.74 Å². The first-order valence-corrected chi connectivity index (χ1v) is 11.5. The lowest BCUT2D eigenvalue weighted by Crippen LogP contribution is -2.23. The van der Waals surface area contributed by atoms with Gasteiger partial charge in [-0.2, -0.15) is 0 Å². The van der Waals surface area contributed by atoms with Gasteiger partial charge in [0.1, 0.15) is 23.6 Å². The third-order valence-electron chi connectivity index (χ3n) is 4.86. The van der Waals surface area contributed by atoms with E-state index in [1.54, 1.807) is 61.7 Å². The van der Waals surface area contributed by atoms with E-state index in [9.17, 15) is 18.8 Å². The summed E-state index contributed by atoms with van der Waals surface area (Å²) in [4.78, 5) is 39.7. The number of carbonyl (C=O) groups is 3. The summed E-state index contributed by atoms with van der Waals surface area (Å²) in [6.45, 7) is 2.07. The third kappa shape index (κ3) is 5.98. The van der Waals surface area contributed by atoms with Gasteiger partial charge in [-0.25, -0.2) is 9.18 Å². The van der Waals surface area contributed by atoms with Crippen LogP contribution < -0.4 is 20.7 Å². The highest BCUT2D eigenvalue weighted by Gasteiger charge is 2.14. The minimum atomic E-state index is -0.573. The van der Waals surface area contributed by atoms with Crippen LogP contribution in [0.25, 0.3) is 10.2 Å². The summed E-state index contributed by atoms with van der Waals surface area (Å²) < 4.78 is 20.5. The van der Waals surface area contributed by atoms with Gasteiger partial charge in [-0.1, -0.05) is 6.07 Å². The summed E-state index contributed by atoms with van der Waals surface area (Å²) in [5.41, 5.74) is 2.03. The van der Waals surface area contributed by atoms with Crippen LogP contribution in [0.2, 0.25) is 0 Å². The number of benzene rings is 2. The second-order valence-corrected chi connectivity index (χ2v) is 8.59. The van der Waals surface area contributed by atoms with Crippen molar-refractivity contribution in [2.24, 2.45) is 0 Å². The molecular weight excluding hydrogens is 471 g/mol. The number of hydrogen-bond donors (Lipinski definition) is 3. The minimum Gasteiger partial charge on any atom is -0.456 e. The molecule has 4 rings (SSSR count). The number of aryl methyl sites for hydroxylation is 1. The molecule has 0 atom stereocenters. The maximum absolute atomic E-state index is 13.9. The first-order valence-electron chi connectivity index (χ1n) is 10.7. The lowest BCUT2D eigenvalue weighted by molar-refractivity contribution is -0.107. The lowest BCUT2D eigenvalue weighted by atomic mass is 10.2. The number of aldehydes is 1. The average molecular weight is 493 g/mol. The molecule has 0 aliphatic rings. The Morgan fingerprint density at radius 1 is 1.09 bits per heavy atom. The highest BCUT2D eigenvalue weighted by Crippen LogP contribution is 2.35. The number of urea groups is 1. The number of nitrogens with zero attached hydrogens (tertiary/aromatic N) is 1. The summed E-state index contributed by atoms with van der Waals surface area (Å²) in [7, 11) is 0. The fourth-order valence-corrected chi connectivity index (χ4v) is 4.17. The largest absolute Gasteiger partial charge is 0.456 e. The van der Waals surface area contributed by atoms with Crippen molar-refractivity contribution in [1.29, 1.82) is 0 Å². The summed E-state index contributed by atoms with van der Waals surface area (Å²) in [6, 6.07) is 13.9. The van der Waals surface area contributed by atoms with Crippen LogP contribution in [0.3, 0.4) is 0 Å². The molecule has 0 radical (unpaired) electrons. The number of hydrogen-bond acceptors (Lipinski definition) is 6.